The third-order valence-electron chi connectivity index (χ3n) is 4.71. The van der Waals surface area contributed by atoms with Gasteiger partial charge in [-0.25, -0.2) is 0 Å². The first-order valence-corrected chi connectivity index (χ1v) is 8.63. The van der Waals surface area contributed by atoms with Gasteiger partial charge in [0.25, 0.3) is 5.56 Å². The van der Waals surface area contributed by atoms with Crippen LogP contribution in [0, 0.1) is 10.5 Å². The number of H-pyrrole nitrogens is 1. The fourth-order valence-electron chi connectivity index (χ4n) is 3.53. The summed E-state index contributed by atoms with van der Waals surface area (Å²) in [6.07, 6.45) is 1.23. The number of carbonyl (C=O) groups is 1. The number of benzene rings is 1. The van der Waals surface area contributed by atoms with Crippen molar-refractivity contribution in [2.24, 2.45) is 7.05 Å². The van der Waals surface area contributed by atoms with E-state index in [0.717, 1.165) is 26.2 Å². The Bertz CT molecular complexity index is 936. The molecule has 0 spiro atoms. The van der Waals surface area contributed by atoms with Gasteiger partial charge in [-0.05, 0) is 53.1 Å². The Morgan fingerprint density at radius 1 is 1.26 bits per heavy atom. The van der Waals surface area contributed by atoms with Crippen LogP contribution in [0.5, 0.6) is 0 Å². The predicted molar refractivity (Wildman–Crippen MR) is 96.7 cm³/mol. The van der Waals surface area contributed by atoms with Crippen molar-refractivity contribution in [1.82, 2.24) is 9.78 Å². The number of anilines is 1. The first kappa shape index (κ1) is 14.7. The third-order valence-corrected chi connectivity index (χ3v) is 5.87. The molecule has 6 heteroatoms. The Morgan fingerprint density at radius 3 is 2.78 bits per heavy atom. The summed E-state index contributed by atoms with van der Waals surface area (Å²) in [4.78, 5) is 24.9. The number of rotatable bonds is 1. The second-order valence-corrected chi connectivity index (χ2v) is 7.31. The van der Waals surface area contributed by atoms with Gasteiger partial charge in [0.15, 0.2) is 5.78 Å². The van der Waals surface area contributed by atoms with Crippen LogP contribution in [0.15, 0.2) is 34.3 Å². The fraction of sp³-hybridized carbons (Fsp3) is 0.294. The number of hydrogen-bond acceptors (Lipinski definition) is 3. The van der Waals surface area contributed by atoms with Gasteiger partial charge in [-0.2, -0.15) is 0 Å². The van der Waals surface area contributed by atoms with Crippen LogP contribution >= 0.6 is 22.6 Å². The van der Waals surface area contributed by atoms with Gasteiger partial charge in [-0.3, -0.25) is 19.4 Å². The van der Waals surface area contributed by atoms with Crippen molar-refractivity contribution in [2.75, 3.05) is 5.32 Å². The molecule has 2 aromatic rings. The summed E-state index contributed by atoms with van der Waals surface area (Å²) < 4.78 is 2.84. The van der Waals surface area contributed by atoms with E-state index < -0.39 is 0 Å². The summed E-state index contributed by atoms with van der Waals surface area (Å²) in [7, 11) is 1.81. The minimum atomic E-state index is -0.282. The van der Waals surface area contributed by atoms with Gasteiger partial charge in [0.05, 0.1) is 5.56 Å². The topological polar surface area (TPSA) is 66.9 Å². The maximum absolute atomic E-state index is 12.5. The standard InChI is InChI=1S/C17H16IN3O2/c1-8-3-4-9(7-10(8)18)13-14-11(5-6-12(14)22)19-16-15(13)17(23)20-21(16)2/h3-4,7,13,19H,5-6H2,1-2H3,(H,20,23). The molecule has 4 rings (SSSR count). The molecule has 1 aromatic heterocycles. The van der Waals surface area contributed by atoms with Gasteiger partial charge in [0, 0.05) is 34.2 Å². The molecule has 0 saturated carbocycles. The van der Waals surface area contributed by atoms with Crippen molar-refractivity contribution in [2.45, 2.75) is 25.7 Å². The van der Waals surface area contributed by atoms with Crippen LogP contribution in [0.4, 0.5) is 5.82 Å². The Kier molecular flexibility index (Phi) is 3.26. The van der Waals surface area contributed by atoms with Gasteiger partial charge < -0.3 is 5.32 Å². The maximum Gasteiger partial charge on any atom is 0.270 e. The molecular weight excluding hydrogens is 405 g/mol. The zero-order chi connectivity index (χ0) is 16.3. The summed E-state index contributed by atoms with van der Waals surface area (Å²) in [5.41, 5.74) is 4.41. The summed E-state index contributed by atoms with van der Waals surface area (Å²) >= 11 is 2.30. The molecule has 1 aromatic carbocycles. The molecule has 0 fully saturated rings. The summed E-state index contributed by atoms with van der Waals surface area (Å²) in [5, 5.41) is 6.10. The Balaban J connectivity index is 2.00. The van der Waals surface area contributed by atoms with Crippen LogP contribution in [-0.4, -0.2) is 15.6 Å². The highest BCUT2D eigenvalue weighted by Gasteiger charge is 2.39. The molecule has 2 heterocycles. The Hall–Kier alpha value is -1.83. The van der Waals surface area contributed by atoms with Crippen LogP contribution in [0.2, 0.25) is 0 Å². The van der Waals surface area contributed by atoms with Crippen LogP contribution in [0.25, 0.3) is 0 Å². The number of aromatic nitrogens is 2. The van der Waals surface area contributed by atoms with Crippen molar-refractivity contribution in [3.05, 3.63) is 60.1 Å². The number of fused-ring (bicyclic) bond motifs is 1. The largest absolute Gasteiger partial charge is 0.343 e. The lowest BCUT2D eigenvalue weighted by atomic mass is 9.82. The number of halogens is 1. The van der Waals surface area contributed by atoms with Gasteiger partial charge in [0.1, 0.15) is 5.82 Å². The van der Waals surface area contributed by atoms with Gasteiger partial charge >= 0.3 is 0 Å². The van der Waals surface area contributed by atoms with Gasteiger partial charge in [-0.15, -0.1) is 0 Å². The average molecular weight is 421 g/mol. The minimum absolute atomic E-state index is 0.137. The zero-order valence-corrected chi connectivity index (χ0v) is 15.0. The van der Waals surface area contributed by atoms with Crippen LogP contribution in [-0.2, 0) is 11.8 Å². The number of ketones is 1. The second kappa shape index (κ2) is 5.09. The van der Waals surface area contributed by atoms with Gasteiger partial charge in [-0.1, -0.05) is 12.1 Å². The summed E-state index contributed by atoms with van der Waals surface area (Å²) in [6.45, 7) is 2.06. The molecule has 2 N–H and O–H groups in total. The predicted octanol–water partition coefficient (Wildman–Crippen LogP) is 2.80. The van der Waals surface area contributed by atoms with Gasteiger partial charge in [0.2, 0.25) is 0 Å². The Morgan fingerprint density at radius 2 is 2.04 bits per heavy atom. The number of nitrogens with one attached hydrogen (secondary N) is 2. The molecule has 0 saturated heterocycles. The van der Waals surface area contributed by atoms with Crippen molar-refractivity contribution in [3.8, 4) is 0 Å². The monoisotopic (exact) mass is 421 g/mol. The molecule has 2 aliphatic rings. The van der Waals surface area contributed by atoms with Crippen LogP contribution < -0.4 is 10.9 Å². The normalized spacial score (nSPS) is 19.6. The molecule has 1 atom stereocenters. The SMILES string of the molecule is Cc1ccc(C2C3=C(CCC3=O)Nc3c2c(=O)[nH]n3C)cc1I. The van der Waals surface area contributed by atoms with Crippen molar-refractivity contribution < 1.29 is 4.79 Å². The lowest BCUT2D eigenvalue weighted by Crippen LogP contribution is -2.23. The zero-order valence-electron chi connectivity index (χ0n) is 12.9. The number of allylic oxidation sites excluding steroid dienone is 2. The van der Waals surface area contributed by atoms with E-state index in [1.165, 1.54) is 5.56 Å². The molecule has 23 heavy (non-hydrogen) atoms. The Labute approximate surface area is 146 Å². The molecule has 0 bridgehead atoms. The van der Waals surface area contributed by atoms with E-state index in [2.05, 4.69) is 52.1 Å². The number of aromatic amines is 1. The van der Waals surface area contributed by atoms with Crippen LogP contribution in [0.3, 0.4) is 0 Å². The number of nitrogens with zero attached hydrogens (tertiary/aromatic N) is 1. The molecule has 1 aliphatic carbocycles. The lowest BCUT2D eigenvalue weighted by molar-refractivity contribution is -0.115. The van der Waals surface area contributed by atoms with E-state index in [1.54, 1.807) is 4.68 Å². The van der Waals surface area contributed by atoms with E-state index in [0.29, 0.717) is 18.4 Å². The first-order chi connectivity index (χ1) is 11.0. The smallest absolute Gasteiger partial charge is 0.270 e. The highest BCUT2D eigenvalue weighted by Crippen LogP contribution is 2.44. The molecule has 5 nitrogen and oxygen atoms in total. The number of carbonyl (C=O) groups excluding carboxylic acids is 1. The quantitative estimate of drug-likeness (QED) is 0.697. The highest BCUT2D eigenvalue weighted by atomic mass is 127. The maximum atomic E-state index is 12.5. The van der Waals surface area contributed by atoms with E-state index in [1.807, 2.05) is 13.1 Å². The second-order valence-electron chi connectivity index (χ2n) is 6.14. The fourth-order valence-corrected chi connectivity index (χ4v) is 4.07. The van der Waals surface area contributed by atoms with Crippen molar-refractivity contribution >= 4 is 34.2 Å². The van der Waals surface area contributed by atoms with Crippen molar-refractivity contribution in [1.29, 1.82) is 0 Å². The van der Waals surface area contributed by atoms with E-state index in [-0.39, 0.29) is 17.3 Å². The lowest BCUT2D eigenvalue weighted by Gasteiger charge is -2.26. The van der Waals surface area contributed by atoms with E-state index in [4.69, 9.17) is 0 Å². The number of Topliss-reactive ketones (excluding diaryl/α,β-unsaturated/α-hetero) is 1. The minimum Gasteiger partial charge on any atom is -0.343 e. The van der Waals surface area contributed by atoms with Crippen LogP contribution in [0.1, 0.15) is 35.4 Å². The molecular formula is C17H16IN3O2. The summed E-state index contributed by atoms with van der Waals surface area (Å²) in [5.74, 6) is 0.626. The number of aryl methyl sites for hydroxylation is 2. The van der Waals surface area contributed by atoms with Crippen molar-refractivity contribution in [3.63, 3.8) is 0 Å². The molecule has 0 radical (unpaired) electrons. The van der Waals surface area contributed by atoms with E-state index >= 15 is 0 Å². The molecule has 1 aliphatic heterocycles. The average Bonchev–Trinajstić information content (AvgIpc) is 3.02. The third kappa shape index (κ3) is 2.11. The molecule has 118 valence electrons. The molecule has 0 amide bonds. The highest BCUT2D eigenvalue weighted by molar-refractivity contribution is 14.1. The summed E-state index contributed by atoms with van der Waals surface area (Å²) in [6, 6.07) is 6.16. The molecule has 1 unspecified atom stereocenters. The first-order valence-electron chi connectivity index (χ1n) is 7.55. The number of hydrogen-bond donors (Lipinski definition) is 2. The van der Waals surface area contributed by atoms with E-state index in [9.17, 15) is 9.59 Å².